The molecule has 22 heteroatoms. The van der Waals surface area contributed by atoms with E-state index < -0.39 is 47.6 Å². The molecular formula is C63H80N14O8. The number of benzene rings is 5. The lowest BCUT2D eigenvalue weighted by molar-refractivity contribution is -0.140. The highest BCUT2D eigenvalue weighted by molar-refractivity contribution is 5.93. The third kappa shape index (κ3) is 17.9. The molecule has 0 saturated carbocycles. The molecule has 7 aromatic rings. The van der Waals surface area contributed by atoms with E-state index in [2.05, 4.69) is 47.2 Å². The molecule has 2 saturated heterocycles. The van der Waals surface area contributed by atoms with Crippen LogP contribution >= 0.6 is 0 Å². The van der Waals surface area contributed by atoms with Gasteiger partial charge in [-0.1, -0.05) is 114 Å². The largest absolute Gasteiger partial charge is 0.444 e. The van der Waals surface area contributed by atoms with Crippen molar-refractivity contribution >= 4 is 57.9 Å². The number of likely N-dealkylation sites (tertiary alicyclic amines) is 2. The predicted molar refractivity (Wildman–Crippen MR) is 322 cm³/mol. The van der Waals surface area contributed by atoms with Crippen molar-refractivity contribution in [1.82, 2.24) is 66.4 Å². The van der Waals surface area contributed by atoms with Crippen LogP contribution in [0.2, 0.25) is 0 Å². The summed E-state index contributed by atoms with van der Waals surface area (Å²) in [7, 11) is 3.64. The Bertz CT molecular complexity index is 3400. The van der Waals surface area contributed by atoms with Crippen molar-refractivity contribution in [3.63, 3.8) is 0 Å². The van der Waals surface area contributed by atoms with Gasteiger partial charge in [0.25, 0.3) is 0 Å². The molecule has 7 N–H and O–H groups in total. The van der Waals surface area contributed by atoms with Crippen LogP contribution < -0.4 is 32.3 Å². The van der Waals surface area contributed by atoms with Gasteiger partial charge in [-0.2, -0.15) is 0 Å². The number of rotatable bonds is 19. The van der Waals surface area contributed by atoms with Crippen molar-refractivity contribution in [3.05, 3.63) is 155 Å². The van der Waals surface area contributed by atoms with Crippen LogP contribution in [0.25, 0.3) is 22.1 Å². The molecule has 22 nitrogen and oxygen atoms in total. The van der Waals surface area contributed by atoms with Gasteiger partial charge in [-0.25, -0.2) is 19.0 Å². The van der Waals surface area contributed by atoms with Gasteiger partial charge in [0.2, 0.25) is 23.6 Å². The number of hydrogen-bond donors (Lipinski definition) is 6. The summed E-state index contributed by atoms with van der Waals surface area (Å²) in [6.45, 7) is 12.3. The normalized spacial score (nSPS) is 17.6. The van der Waals surface area contributed by atoms with E-state index >= 15 is 0 Å². The molecule has 0 unspecified atom stereocenters. The second-order valence-corrected chi connectivity index (χ2v) is 23.8. The number of ether oxygens (including phenoxy) is 2. The van der Waals surface area contributed by atoms with E-state index in [1.54, 1.807) is 55.8 Å². The van der Waals surface area contributed by atoms with Gasteiger partial charge in [0, 0.05) is 58.9 Å². The number of aryl methyl sites for hydroxylation is 4. The number of amides is 6. The highest BCUT2D eigenvalue weighted by atomic mass is 16.6. The van der Waals surface area contributed by atoms with E-state index in [-0.39, 0.29) is 55.3 Å². The lowest BCUT2D eigenvalue weighted by Gasteiger charge is -2.29. The number of nitrogens with zero attached hydrogens (tertiary/aromatic N) is 8. The summed E-state index contributed by atoms with van der Waals surface area (Å²) in [4.78, 5) is 83.6. The number of alkyl carbamates (subject to hydrolysis) is 2. The van der Waals surface area contributed by atoms with Crippen molar-refractivity contribution in [3.8, 4) is 0 Å². The molecule has 0 bridgehead atoms. The summed E-state index contributed by atoms with van der Waals surface area (Å²) >= 11 is 0. The Morgan fingerprint density at radius 1 is 0.541 bits per heavy atom. The van der Waals surface area contributed by atoms with E-state index in [1.165, 1.54) is 4.90 Å². The summed E-state index contributed by atoms with van der Waals surface area (Å²) in [5.41, 5.74) is 13.0. The lowest BCUT2D eigenvalue weighted by Crippen LogP contribution is -2.54. The zero-order valence-electron chi connectivity index (χ0n) is 49.8. The second-order valence-electron chi connectivity index (χ2n) is 23.8. The van der Waals surface area contributed by atoms with Crippen LogP contribution in [-0.2, 0) is 75.2 Å². The third-order valence-electron chi connectivity index (χ3n) is 14.6. The Kier molecular flexibility index (Phi) is 20.7. The van der Waals surface area contributed by atoms with Gasteiger partial charge in [-0.15, -0.1) is 10.2 Å². The molecule has 450 valence electrons. The molecule has 0 spiro atoms. The standard InChI is InChI=1S/C35H43N7O4.C28H37N7O4/c1-35(2,3)46-34(45)38-28(17-15-24-11-7-5-8-12-24)33(44)42-23-27(36-21-25-13-9-6-10-14-25)20-31(42)32(43)37-22-26-16-18-30-29(19-26)39-40-41(30)4;1-28(2,3)39-27(38)31-21(12-10-18-8-6-5-7-9-18)26(37)35-17-20(29)15-24(35)25(36)30-16-19-11-13-23-22(14-19)32-33-34(23)4/h5-14,16,18-19,27-28,31,36H,15,17,20-23H2,1-4H3,(H,37,43)(H,38,45);5-9,11,13-14,20-21,24H,10,12,15-17,29H2,1-4H3,(H,30,36)(H,31,38)/t27-,28+,31-;20-,21+,24-/m00/s1. The average molecular weight is 1160 g/mol. The van der Waals surface area contributed by atoms with E-state index in [9.17, 15) is 28.8 Å². The van der Waals surface area contributed by atoms with Gasteiger partial charge in [-0.05, 0) is 132 Å². The molecule has 0 radical (unpaired) electrons. The minimum atomic E-state index is -0.878. The maximum Gasteiger partial charge on any atom is 0.408 e. The first-order valence-corrected chi connectivity index (χ1v) is 28.9. The monoisotopic (exact) mass is 1160 g/mol. The SMILES string of the molecule is Cn1nnc2cc(CNC(=O)[C@@H]3C[C@H](N)CN3C(=O)[C@@H](CCc3ccccc3)NC(=O)OC(C)(C)C)ccc21.Cn1nnc2cc(CNC(=O)[C@@H]3C[C@H](NCc4ccccc4)CN3C(=O)[C@@H](CCc3ccccc3)NC(=O)OC(C)(C)C)ccc21. The molecule has 2 aliphatic heterocycles. The number of hydrogen-bond acceptors (Lipinski definition) is 14. The van der Waals surface area contributed by atoms with Crippen LogP contribution in [0, 0.1) is 0 Å². The summed E-state index contributed by atoms with van der Waals surface area (Å²) in [6.07, 6.45) is 1.25. The van der Waals surface area contributed by atoms with Gasteiger partial charge in [0.05, 0.1) is 11.0 Å². The van der Waals surface area contributed by atoms with Gasteiger partial charge in [0.15, 0.2) is 0 Å². The highest BCUT2D eigenvalue weighted by Crippen LogP contribution is 2.24. The highest BCUT2D eigenvalue weighted by Gasteiger charge is 2.43. The van der Waals surface area contributed by atoms with Crippen molar-refractivity contribution in [2.45, 2.75) is 147 Å². The summed E-state index contributed by atoms with van der Waals surface area (Å²) in [5.74, 6) is -1.22. The zero-order valence-corrected chi connectivity index (χ0v) is 49.8. The minimum absolute atomic E-state index is 0.118. The number of carbonyl (C=O) groups is 6. The fourth-order valence-electron chi connectivity index (χ4n) is 10.4. The van der Waals surface area contributed by atoms with Crippen molar-refractivity contribution in [2.75, 3.05) is 13.1 Å². The number of nitrogens with two attached hydrogens (primary N) is 1. The first-order chi connectivity index (χ1) is 40.5. The quantitative estimate of drug-likeness (QED) is 0.0550. The zero-order chi connectivity index (χ0) is 60.8. The van der Waals surface area contributed by atoms with Gasteiger partial charge in [0.1, 0.15) is 46.4 Å². The van der Waals surface area contributed by atoms with Crippen LogP contribution in [0.4, 0.5) is 9.59 Å². The van der Waals surface area contributed by atoms with E-state index in [0.29, 0.717) is 51.6 Å². The summed E-state index contributed by atoms with van der Waals surface area (Å²) < 4.78 is 14.3. The molecule has 2 aliphatic rings. The van der Waals surface area contributed by atoms with Crippen LogP contribution in [0.3, 0.4) is 0 Å². The molecule has 85 heavy (non-hydrogen) atoms. The Labute approximate surface area is 495 Å². The van der Waals surface area contributed by atoms with Crippen molar-refractivity contribution in [1.29, 1.82) is 0 Å². The Hall–Kier alpha value is -8.76. The maximum atomic E-state index is 14.3. The Morgan fingerprint density at radius 2 is 0.953 bits per heavy atom. The third-order valence-corrected chi connectivity index (χ3v) is 14.6. The first kappa shape index (κ1) is 62.3. The van der Waals surface area contributed by atoms with E-state index in [0.717, 1.165) is 49.9 Å². The Balaban J connectivity index is 0.000000224. The van der Waals surface area contributed by atoms with Gasteiger partial charge < -0.3 is 51.6 Å². The van der Waals surface area contributed by atoms with Crippen molar-refractivity contribution in [2.24, 2.45) is 19.8 Å². The van der Waals surface area contributed by atoms with Gasteiger partial charge in [-0.3, -0.25) is 19.2 Å². The predicted octanol–water partition coefficient (Wildman–Crippen LogP) is 5.91. The molecule has 5 aromatic carbocycles. The number of aromatic nitrogens is 6. The van der Waals surface area contributed by atoms with Crippen LogP contribution in [-0.4, -0.2) is 136 Å². The smallest absolute Gasteiger partial charge is 0.408 e. The molecule has 6 amide bonds. The second kappa shape index (κ2) is 28.2. The van der Waals surface area contributed by atoms with Crippen LogP contribution in [0.5, 0.6) is 0 Å². The van der Waals surface area contributed by atoms with E-state index in [4.69, 9.17) is 15.2 Å². The average Bonchev–Trinajstić information content (AvgIpc) is 4.35. The van der Waals surface area contributed by atoms with Gasteiger partial charge >= 0.3 is 12.2 Å². The molecule has 6 atom stereocenters. The Morgan fingerprint density at radius 3 is 1.39 bits per heavy atom. The molecule has 0 aliphatic carbocycles. The molecule has 2 fully saturated rings. The van der Waals surface area contributed by atoms with Crippen LogP contribution in [0.15, 0.2) is 127 Å². The fourth-order valence-corrected chi connectivity index (χ4v) is 10.4. The summed E-state index contributed by atoms with van der Waals surface area (Å²) in [5, 5.41) is 31.4. The molecule has 9 rings (SSSR count). The first-order valence-electron chi connectivity index (χ1n) is 28.9. The minimum Gasteiger partial charge on any atom is -0.444 e. The lowest BCUT2D eigenvalue weighted by atomic mass is 10.0. The fraction of sp³-hybridized carbons (Fsp3) is 0.429. The van der Waals surface area contributed by atoms with E-state index in [1.807, 2.05) is 141 Å². The number of fused-ring (bicyclic) bond motifs is 2. The molecule has 4 heterocycles. The topological polar surface area (TPSA) is 275 Å². The summed E-state index contributed by atoms with van der Waals surface area (Å²) in [6, 6.07) is 37.3. The van der Waals surface area contributed by atoms with Crippen molar-refractivity contribution < 1.29 is 38.2 Å². The molecule has 2 aromatic heterocycles. The number of carbonyl (C=O) groups excluding carboxylic acids is 6. The van der Waals surface area contributed by atoms with Crippen LogP contribution in [0.1, 0.15) is 95.0 Å². The number of nitrogens with one attached hydrogen (secondary N) is 5. The maximum absolute atomic E-state index is 14.3. The molecular weight excluding hydrogens is 1080 g/mol.